The Morgan fingerprint density at radius 3 is 2.45 bits per heavy atom. The molecule has 9 heteroatoms. The van der Waals surface area contributed by atoms with Gasteiger partial charge in [-0.2, -0.15) is 15.2 Å². The molecule has 0 unspecified atom stereocenters. The first-order chi connectivity index (χ1) is 19.5. The van der Waals surface area contributed by atoms with E-state index < -0.39 is 0 Å². The van der Waals surface area contributed by atoms with Crippen LogP contribution in [0.1, 0.15) is 47.7 Å². The second-order valence-corrected chi connectivity index (χ2v) is 9.86. The van der Waals surface area contributed by atoms with E-state index >= 15 is 0 Å². The number of benzene rings is 3. The number of aromatic nitrogens is 4. The molecule has 0 atom stereocenters. The highest BCUT2D eigenvalue weighted by Gasteiger charge is 2.22. The summed E-state index contributed by atoms with van der Waals surface area (Å²) in [5.41, 5.74) is 9.05. The van der Waals surface area contributed by atoms with Gasteiger partial charge in [0.2, 0.25) is 11.7 Å². The first-order valence-electron chi connectivity index (χ1n) is 13.2. The van der Waals surface area contributed by atoms with Crippen molar-refractivity contribution in [1.29, 1.82) is 0 Å². The molecule has 0 saturated carbocycles. The molecule has 0 bridgehead atoms. The molecule has 0 aliphatic carbocycles. The van der Waals surface area contributed by atoms with Gasteiger partial charge in [-0.3, -0.25) is 14.2 Å². The van der Waals surface area contributed by atoms with Gasteiger partial charge in [0, 0.05) is 17.5 Å². The van der Waals surface area contributed by atoms with E-state index in [-0.39, 0.29) is 30.2 Å². The molecule has 40 heavy (non-hydrogen) atoms. The Balaban J connectivity index is 1.47. The number of hydrogen-bond acceptors (Lipinski definition) is 5. The number of aryl methyl sites for hydroxylation is 1. The number of fused-ring (bicyclic) bond motifs is 1. The van der Waals surface area contributed by atoms with Crippen molar-refractivity contribution < 1.29 is 9.18 Å². The molecule has 8 nitrogen and oxygen atoms in total. The molecule has 0 radical (unpaired) electrons. The topological polar surface area (TPSA) is 93.6 Å². The number of amides is 1. The van der Waals surface area contributed by atoms with Gasteiger partial charge in [-0.05, 0) is 46.9 Å². The van der Waals surface area contributed by atoms with Gasteiger partial charge < -0.3 is 0 Å². The molecule has 0 spiro atoms. The summed E-state index contributed by atoms with van der Waals surface area (Å²) in [5, 5.41) is 8.75. The standard InChI is InChI=1S/C31H27FN6O2/c1-2-6-28-26(30(40)37(31-33-19-34-38(28)31)18-20-9-12-23(32)13-10-20)16-21-11-14-24(22-7-4-3-5-8-22)25(15-21)27-17-29(39)36-35-27/h3-5,7-15,19H,2,6,16-18H2,1H3,(H,36,39). The minimum absolute atomic E-state index is 0.148. The highest BCUT2D eigenvalue weighted by atomic mass is 19.1. The van der Waals surface area contributed by atoms with Crippen LogP contribution in [0, 0.1) is 5.82 Å². The predicted molar refractivity (Wildman–Crippen MR) is 151 cm³/mol. The van der Waals surface area contributed by atoms with Crippen LogP contribution >= 0.6 is 0 Å². The van der Waals surface area contributed by atoms with Crippen LogP contribution in [0.2, 0.25) is 0 Å². The maximum Gasteiger partial charge on any atom is 0.259 e. The number of hydrazone groups is 1. The van der Waals surface area contributed by atoms with Crippen molar-refractivity contribution in [3.05, 3.63) is 123 Å². The van der Waals surface area contributed by atoms with Crippen LogP contribution in [0.25, 0.3) is 16.9 Å². The van der Waals surface area contributed by atoms with Gasteiger partial charge in [-0.15, -0.1) is 0 Å². The SMILES string of the molecule is CCCc1c(Cc2ccc(-c3ccccc3)c(C3=NNC(=O)C3)c2)c(=O)n(Cc2ccc(F)cc2)c2ncnn12. The van der Waals surface area contributed by atoms with Gasteiger partial charge in [-0.25, -0.2) is 14.3 Å². The Hall–Kier alpha value is -4.92. The first-order valence-corrected chi connectivity index (χ1v) is 13.2. The molecule has 0 saturated heterocycles. The molecule has 6 rings (SSSR count). The summed E-state index contributed by atoms with van der Waals surface area (Å²) in [6.45, 7) is 2.30. The molecule has 1 aliphatic rings. The number of halogens is 1. The lowest BCUT2D eigenvalue weighted by Gasteiger charge is -2.17. The molecule has 2 aromatic heterocycles. The maximum absolute atomic E-state index is 14.1. The molecular formula is C31H27FN6O2. The van der Waals surface area contributed by atoms with Crippen LogP contribution < -0.4 is 11.0 Å². The minimum atomic E-state index is -0.332. The zero-order chi connectivity index (χ0) is 27.6. The fourth-order valence-electron chi connectivity index (χ4n) is 5.23. The number of carbonyl (C=O) groups is 1. The normalized spacial score (nSPS) is 13.1. The predicted octanol–water partition coefficient (Wildman–Crippen LogP) is 4.51. The number of carbonyl (C=O) groups excluding carboxylic acids is 1. The van der Waals surface area contributed by atoms with Gasteiger partial charge >= 0.3 is 0 Å². The number of nitrogens with one attached hydrogen (secondary N) is 1. The van der Waals surface area contributed by atoms with Crippen LogP contribution in [0.4, 0.5) is 4.39 Å². The molecular weight excluding hydrogens is 507 g/mol. The Morgan fingerprint density at radius 1 is 0.950 bits per heavy atom. The quantitative estimate of drug-likeness (QED) is 0.317. The lowest BCUT2D eigenvalue weighted by Crippen LogP contribution is -2.30. The largest absolute Gasteiger partial charge is 0.273 e. The van der Waals surface area contributed by atoms with E-state index in [1.54, 1.807) is 21.2 Å². The van der Waals surface area contributed by atoms with E-state index in [0.717, 1.165) is 39.9 Å². The lowest BCUT2D eigenvalue weighted by molar-refractivity contribution is -0.119. The smallest absolute Gasteiger partial charge is 0.259 e. The summed E-state index contributed by atoms with van der Waals surface area (Å²) in [7, 11) is 0. The van der Waals surface area contributed by atoms with E-state index in [1.165, 1.54) is 18.5 Å². The van der Waals surface area contributed by atoms with E-state index in [4.69, 9.17) is 0 Å². The highest BCUT2D eigenvalue weighted by molar-refractivity contribution is 6.16. The Bertz CT molecular complexity index is 1810. The number of nitrogens with zero attached hydrogens (tertiary/aromatic N) is 5. The summed E-state index contributed by atoms with van der Waals surface area (Å²) >= 11 is 0. The molecule has 3 heterocycles. The van der Waals surface area contributed by atoms with Crippen molar-refractivity contribution in [2.75, 3.05) is 0 Å². The second-order valence-electron chi connectivity index (χ2n) is 9.86. The Labute approximate surface area is 229 Å². The van der Waals surface area contributed by atoms with Crippen LogP contribution in [0.3, 0.4) is 0 Å². The molecule has 1 N–H and O–H groups in total. The summed E-state index contributed by atoms with van der Waals surface area (Å²) < 4.78 is 16.9. The fourth-order valence-corrected chi connectivity index (χ4v) is 5.23. The minimum Gasteiger partial charge on any atom is -0.273 e. The zero-order valence-electron chi connectivity index (χ0n) is 22.0. The van der Waals surface area contributed by atoms with E-state index in [2.05, 4.69) is 27.5 Å². The molecule has 1 amide bonds. The van der Waals surface area contributed by atoms with Crippen molar-refractivity contribution >= 4 is 17.4 Å². The van der Waals surface area contributed by atoms with Crippen LogP contribution in [-0.2, 0) is 24.2 Å². The molecule has 3 aromatic carbocycles. The second kappa shape index (κ2) is 10.7. The van der Waals surface area contributed by atoms with Gasteiger partial charge in [0.15, 0.2) is 0 Å². The van der Waals surface area contributed by atoms with Crippen molar-refractivity contribution in [2.45, 2.75) is 39.2 Å². The summed E-state index contributed by atoms with van der Waals surface area (Å²) in [4.78, 5) is 30.5. The summed E-state index contributed by atoms with van der Waals surface area (Å²) in [6, 6.07) is 22.1. The van der Waals surface area contributed by atoms with Gasteiger partial charge in [-0.1, -0.05) is 67.9 Å². The first kappa shape index (κ1) is 25.4. The molecule has 5 aromatic rings. The third-order valence-electron chi connectivity index (χ3n) is 7.12. The number of rotatable bonds is 8. The van der Waals surface area contributed by atoms with E-state index in [9.17, 15) is 14.0 Å². The summed E-state index contributed by atoms with van der Waals surface area (Å²) in [5.74, 6) is -0.0299. The average molecular weight is 535 g/mol. The third kappa shape index (κ3) is 4.82. The number of hydrogen-bond donors (Lipinski definition) is 1. The fraction of sp³-hybridized carbons (Fsp3) is 0.194. The Morgan fingerprint density at radius 2 is 1.73 bits per heavy atom. The van der Waals surface area contributed by atoms with E-state index in [1.807, 2.05) is 48.5 Å². The van der Waals surface area contributed by atoms with Crippen LogP contribution in [0.15, 0.2) is 89.0 Å². The van der Waals surface area contributed by atoms with Crippen molar-refractivity contribution in [3.8, 4) is 11.1 Å². The van der Waals surface area contributed by atoms with Gasteiger partial charge in [0.05, 0.1) is 24.4 Å². The monoisotopic (exact) mass is 534 g/mol. The van der Waals surface area contributed by atoms with Gasteiger partial charge in [0.1, 0.15) is 12.1 Å². The van der Waals surface area contributed by atoms with Crippen LogP contribution in [-0.4, -0.2) is 30.8 Å². The average Bonchev–Trinajstić information content (AvgIpc) is 3.64. The molecule has 0 fully saturated rings. The maximum atomic E-state index is 14.1. The van der Waals surface area contributed by atoms with Crippen molar-refractivity contribution in [1.82, 2.24) is 24.6 Å². The highest BCUT2D eigenvalue weighted by Crippen LogP contribution is 2.28. The lowest BCUT2D eigenvalue weighted by atomic mass is 9.91. The van der Waals surface area contributed by atoms with E-state index in [0.29, 0.717) is 29.9 Å². The van der Waals surface area contributed by atoms with Crippen LogP contribution in [0.5, 0.6) is 0 Å². The summed E-state index contributed by atoms with van der Waals surface area (Å²) in [6.07, 6.45) is 3.49. The van der Waals surface area contributed by atoms with Gasteiger partial charge in [0.25, 0.3) is 5.56 Å². The molecule has 200 valence electrons. The third-order valence-corrected chi connectivity index (χ3v) is 7.12. The van der Waals surface area contributed by atoms with Crippen molar-refractivity contribution in [2.24, 2.45) is 5.10 Å². The zero-order valence-corrected chi connectivity index (χ0v) is 22.0. The van der Waals surface area contributed by atoms with Crippen molar-refractivity contribution in [3.63, 3.8) is 0 Å². The Kier molecular flexibility index (Phi) is 6.77. The molecule has 1 aliphatic heterocycles.